The van der Waals surface area contributed by atoms with E-state index in [0.29, 0.717) is 5.56 Å². The third-order valence-electron chi connectivity index (χ3n) is 2.27. The van der Waals surface area contributed by atoms with Crippen LogP contribution in [0.2, 0.25) is 0 Å². The number of aliphatic hydroxyl groups is 1. The highest BCUT2D eigenvalue weighted by Gasteiger charge is 2.14. The molecule has 0 atom stereocenters. The third kappa shape index (κ3) is 2.95. The maximum absolute atomic E-state index is 11.3. The molecule has 5 nitrogen and oxygen atoms in total. The van der Waals surface area contributed by atoms with Gasteiger partial charge in [-0.3, -0.25) is 4.79 Å². The number of rotatable bonds is 4. The molecule has 0 aromatic heterocycles. The molecule has 0 amide bonds. The molecule has 0 aliphatic carbocycles. The number of esters is 1. The van der Waals surface area contributed by atoms with Gasteiger partial charge in [0.25, 0.3) is 0 Å². The molecule has 0 radical (unpaired) electrons. The monoisotopic (exact) mass is 235 g/mol. The molecule has 0 unspecified atom stereocenters. The second-order valence-corrected chi connectivity index (χ2v) is 3.36. The molecule has 17 heavy (non-hydrogen) atoms. The van der Waals surface area contributed by atoms with Crippen molar-refractivity contribution >= 4 is 5.97 Å². The fraction of sp³-hybridized carbons (Fsp3) is 0.333. The normalized spacial score (nSPS) is 9.71. The molecule has 1 rings (SSSR count). The fourth-order valence-electron chi connectivity index (χ4n) is 1.44. The van der Waals surface area contributed by atoms with E-state index in [2.05, 4.69) is 0 Å². The first-order chi connectivity index (χ1) is 8.13. The Balaban J connectivity index is 3.06. The smallest absolute Gasteiger partial charge is 0.310 e. The molecule has 5 heteroatoms. The second-order valence-electron chi connectivity index (χ2n) is 3.36. The lowest BCUT2D eigenvalue weighted by Crippen LogP contribution is -2.09. The van der Waals surface area contributed by atoms with E-state index < -0.39 is 5.97 Å². The zero-order valence-corrected chi connectivity index (χ0v) is 9.43. The molecule has 90 valence electrons. The zero-order chi connectivity index (χ0) is 12.8. The number of aliphatic hydroxyl groups excluding tert-OH is 1. The molecule has 0 heterocycles. The van der Waals surface area contributed by atoms with Gasteiger partial charge in [0.15, 0.2) is 0 Å². The Morgan fingerprint density at radius 3 is 2.65 bits per heavy atom. The Hall–Kier alpha value is -2.06. The van der Waals surface area contributed by atoms with Crippen molar-refractivity contribution in [2.75, 3.05) is 6.61 Å². The molecule has 0 bridgehead atoms. The minimum Gasteiger partial charge on any atom is -0.506 e. The first kappa shape index (κ1) is 13.0. The van der Waals surface area contributed by atoms with Crippen LogP contribution in [0.25, 0.3) is 0 Å². The molecule has 0 aliphatic heterocycles. The lowest BCUT2D eigenvalue weighted by Gasteiger charge is -2.08. The van der Waals surface area contributed by atoms with Crippen molar-refractivity contribution in [3.63, 3.8) is 0 Å². The van der Waals surface area contributed by atoms with Gasteiger partial charge >= 0.3 is 5.97 Å². The molecule has 0 fully saturated rings. The highest BCUT2D eigenvalue weighted by Crippen LogP contribution is 2.26. The van der Waals surface area contributed by atoms with Crippen LogP contribution in [0.4, 0.5) is 0 Å². The van der Waals surface area contributed by atoms with Crippen LogP contribution in [-0.2, 0) is 22.6 Å². The standard InChI is InChI=1S/C12H13NO4/c1-2-17-11(15)5-8-3-4-9(7-14)12(16)10(8)6-13/h3-4,14,16H,2,5,7H2,1H3. The summed E-state index contributed by atoms with van der Waals surface area (Å²) in [5.41, 5.74) is 0.652. The van der Waals surface area contributed by atoms with Gasteiger partial charge < -0.3 is 14.9 Å². The van der Waals surface area contributed by atoms with E-state index in [1.807, 2.05) is 6.07 Å². The summed E-state index contributed by atoms with van der Waals surface area (Å²) in [7, 11) is 0. The Morgan fingerprint density at radius 1 is 1.47 bits per heavy atom. The van der Waals surface area contributed by atoms with Crippen molar-refractivity contribution in [2.45, 2.75) is 20.0 Å². The van der Waals surface area contributed by atoms with Crippen LogP contribution in [0.5, 0.6) is 5.75 Å². The van der Waals surface area contributed by atoms with E-state index in [0.717, 1.165) is 0 Å². The molecule has 0 saturated heterocycles. The Morgan fingerprint density at radius 2 is 2.12 bits per heavy atom. The van der Waals surface area contributed by atoms with Gasteiger partial charge in [-0.05, 0) is 12.5 Å². The Kier molecular flexibility index (Phi) is 4.49. The van der Waals surface area contributed by atoms with Crippen LogP contribution >= 0.6 is 0 Å². The molecule has 0 saturated carbocycles. The van der Waals surface area contributed by atoms with E-state index in [1.165, 1.54) is 12.1 Å². The Bertz CT molecular complexity index is 462. The maximum Gasteiger partial charge on any atom is 0.310 e. The number of ether oxygens (including phenoxy) is 1. The summed E-state index contributed by atoms with van der Waals surface area (Å²) < 4.78 is 4.76. The van der Waals surface area contributed by atoms with Crippen LogP contribution in [0.15, 0.2) is 12.1 Å². The van der Waals surface area contributed by atoms with Gasteiger partial charge in [-0.25, -0.2) is 0 Å². The topological polar surface area (TPSA) is 90.6 Å². The first-order valence-electron chi connectivity index (χ1n) is 5.14. The maximum atomic E-state index is 11.3. The van der Waals surface area contributed by atoms with E-state index in [9.17, 15) is 9.90 Å². The van der Waals surface area contributed by atoms with Crippen LogP contribution in [0.1, 0.15) is 23.6 Å². The predicted octanol–water partition coefficient (Wildman–Crippen LogP) is 0.862. The second kappa shape index (κ2) is 5.87. The molecule has 1 aromatic rings. The number of nitriles is 1. The quantitative estimate of drug-likeness (QED) is 0.755. The third-order valence-corrected chi connectivity index (χ3v) is 2.27. The Labute approximate surface area is 98.9 Å². The first-order valence-corrected chi connectivity index (χ1v) is 5.14. The lowest BCUT2D eigenvalue weighted by atomic mass is 10.0. The van der Waals surface area contributed by atoms with Crippen molar-refractivity contribution in [3.05, 3.63) is 28.8 Å². The van der Waals surface area contributed by atoms with Gasteiger partial charge in [-0.1, -0.05) is 12.1 Å². The molecule has 0 spiro atoms. The average molecular weight is 235 g/mol. The summed E-state index contributed by atoms with van der Waals surface area (Å²) in [6, 6.07) is 4.82. The zero-order valence-electron chi connectivity index (χ0n) is 9.43. The van der Waals surface area contributed by atoms with Crippen LogP contribution in [0, 0.1) is 11.3 Å². The minimum atomic E-state index is -0.458. The SMILES string of the molecule is CCOC(=O)Cc1ccc(CO)c(O)c1C#N. The summed E-state index contributed by atoms with van der Waals surface area (Å²) >= 11 is 0. The van der Waals surface area contributed by atoms with E-state index in [4.69, 9.17) is 15.1 Å². The van der Waals surface area contributed by atoms with E-state index in [-0.39, 0.29) is 36.5 Å². The average Bonchev–Trinajstić information content (AvgIpc) is 2.30. The van der Waals surface area contributed by atoms with Crippen molar-refractivity contribution in [1.82, 2.24) is 0 Å². The van der Waals surface area contributed by atoms with Crippen molar-refractivity contribution in [3.8, 4) is 11.8 Å². The number of carbonyl (C=O) groups is 1. The lowest BCUT2D eigenvalue weighted by molar-refractivity contribution is -0.142. The highest BCUT2D eigenvalue weighted by atomic mass is 16.5. The largest absolute Gasteiger partial charge is 0.506 e. The summed E-state index contributed by atoms with van der Waals surface area (Å²) in [5, 5.41) is 27.5. The van der Waals surface area contributed by atoms with Crippen LogP contribution in [0.3, 0.4) is 0 Å². The van der Waals surface area contributed by atoms with Crippen LogP contribution < -0.4 is 0 Å². The number of nitrogens with zero attached hydrogens (tertiary/aromatic N) is 1. The van der Waals surface area contributed by atoms with Crippen molar-refractivity contribution in [2.24, 2.45) is 0 Å². The van der Waals surface area contributed by atoms with Crippen molar-refractivity contribution < 1.29 is 19.7 Å². The van der Waals surface area contributed by atoms with Gasteiger partial charge in [-0.15, -0.1) is 0 Å². The minimum absolute atomic E-state index is 0.00426. The number of phenols is 1. The number of benzene rings is 1. The molecule has 1 aromatic carbocycles. The van der Waals surface area contributed by atoms with Gasteiger partial charge in [0.2, 0.25) is 0 Å². The summed E-state index contributed by atoms with van der Waals surface area (Å²) in [4.78, 5) is 11.3. The van der Waals surface area contributed by atoms with E-state index in [1.54, 1.807) is 6.92 Å². The highest BCUT2D eigenvalue weighted by molar-refractivity contribution is 5.74. The molecular weight excluding hydrogens is 222 g/mol. The molecule has 2 N–H and O–H groups in total. The van der Waals surface area contributed by atoms with Gasteiger partial charge in [0.05, 0.1) is 25.2 Å². The van der Waals surface area contributed by atoms with Crippen molar-refractivity contribution in [1.29, 1.82) is 5.26 Å². The summed E-state index contributed by atoms with van der Waals surface area (Å²) in [5.74, 6) is -0.739. The predicted molar refractivity (Wildman–Crippen MR) is 59.1 cm³/mol. The summed E-state index contributed by atoms with van der Waals surface area (Å²) in [6.45, 7) is 1.59. The van der Waals surface area contributed by atoms with Gasteiger partial charge in [0, 0.05) is 5.56 Å². The molecular formula is C12H13NO4. The number of hydrogen-bond donors (Lipinski definition) is 2. The van der Waals surface area contributed by atoms with Gasteiger partial charge in [-0.2, -0.15) is 5.26 Å². The summed E-state index contributed by atoms with van der Waals surface area (Å²) in [6.07, 6.45) is -0.0734. The van der Waals surface area contributed by atoms with E-state index >= 15 is 0 Å². The molecule has 0 aliphatic rings. The number of aromatic hydroxyl groups is 1. The number of hydrogen-bond acceptors (Lipinski definition) is 5. The number of carbonyl (C=O) groups excluding carboxylic acids is 1. The van der Waals surface area contributed by atoms with Gasteiger partial charge in [0.1, 0.15) is 11.8 Å². The fourth-order valence-corrected chi connectivity index (χ4v) is 1.44. The van der Waals surface area contributed by atoms with Crippen LogP contribution in [-0.4, -0.2) is 22.8 Å².